The fourth-order valence-corrected chi connectivity index (χ4v) is 1.66. The van der Waals surface area contributed by atoms with Crippen LogP contribution < -0.4 is 5.32 Å². The summed E-state index contributed by atoms with van der Waals surface area (Å²) in [6, 6.07) is 5.76. The summed E-state index contributed by atoms with van der Waals surface area (Å²) in [5.74, 6) is -0.569. The Labute approximate surface area is 102 Å². The number of unbranched alkanes of at least 4 members (excludes halogenated alkanes) is 4. The highest BCUT2D eigenvalue weighted by atomic mass is 19.1. The first-order valence-electron chi connectivity index (χ1n) is 6.28. The molecule has 1 aromatic rings. The first-order valence-corrected chi connectivity index (χ1v) is 6.28. The molecule has 0 bridgehead atoms. The number of carbonyl (C=O) groups excluding carboxylic acids is 1. The van der Waals surface area contributed by atoms with Crippen LogP contribution in [-0.4, -0.2) is 12.5 Å². The van der Waals surface area contributed by atoms with Crippen LogP contribution in [-0.2, 0) is 0 Å². The highest BCUT2D eigenvalue weighted by Crippen LogP contribution is 2.04. The zero-order chi connectivity index (χ0) is 12.5. The molecule has 0 heterocycles. The molecule has 1 aromatic carbocycles. The Hall–Kier alpha value is -1.38. The minimum atomic E-state index is -0.374. The Bertz CT molecular complexity index is 352. The summed E-state index contributed by atoms with van der Waals surface area (Å²) in [5, 5.41) is 2.80. The molecule has 2 nitrogen and oxygen atoms in total. The van der Waals surface area contributed by atoms with Crippen LogP contribution in [0.3, 0.4) is 0 Å². The van der Waals surface area contributed by atoms with Crippen LogP contribution in [0.1, 0.15) is 49.4 Å². The third kappa shape index (κ3) is 5.48. The average molecular weight is 237 g/mol. The first-order chi connectivity index (χ1) is 8.24. The lowest BCUT2D eigenvalue weighted by molar-refractivity contribution is 0.0952. The van der Waals surface area contributed by atoms with Crippen LogP contribution in [0.5, 0.6) is 0 Å². The van der Waals surface area contributed by atoms with E-state index in [0.717, 1.165) is 12.8 Å². The van der Waals surface area contributed by atoms with Gasteiger partial charge in [-0.25, -0.2) is 4.39 Å². The van der Waals surface area contributed by atoms with E-state index >= 15 is 0 Å². The van der Waals surface area contributed by atoms with Gasteiger partial charge in [-0.15, -0.1) is 0 Å². The van der Waals surface area contributed by atoms with Gasteiger partial charge in [0.05, 0.1) is 0 Å². The molecule has 0 saturated heterocycles. The normalized spacial score (nSPS) is 10.2. The summed E-state index contributed by atoms with van der Waals surface area (Å²) in [4.78, 5) is 11.6. The zero-order valence-electron chi connectivity index (χ0n) is 10.3. The van der Waals surface area contributed by atoms with Crippen LogP contribution in [0.2, 0.25) is 0 Å². The Morgan fingerprint density at radius 1 is 1.24 bits per heavy atom. The molecule has 1 amide bonds. The predicted octanol–water partition coefficient (Wildman–Crippen LogP) is 3.53. The van der Waals surface area contributed by atoms with Crippen molar-refractivity contribution >= 4 is 5.91 Å². The topological polar surface area (TPSA) is 29.1 Å². The van der Waals surface area contributed by atoms with Crippen LogP contribution in [0.25, 0.3) is 0 Å². The van der Waals surface area contributed by atoms with E-state index in [9.17, 15) is 9.18 Å². The van der Waals surface area contributed by atoms with E-state index in [1.807, 2.05) is 0 Å². The smallest absolute Gasteiger partial charge is 0.251 e. The van der Waals surface area contributed by atoms with E-state index in [-0.39, 0.29) is 11.7 Å². The molecular formula is C14H20FNO. The Balaban J connectivity index is 2.21. The molecule has 0 saturated carbocycles. The number of carbonyl (C=O) groups is 1. The highest BCUT2D eigenvalue weighted by Gasteiger charge is 2.04. The Morgan fingerprint density at radius 3 is 2.71 bits per heavy atom. The summed E-state index contributed by atoms with van der Waals surface area (Å²) in [6.45, 7) is 2.84. The van der Waals surface area contributed by atoms with Gasteiger partial charge in [-0.1, -0.05) is 38.7 Å². The van der Waals surface area contributed by atoms with E-state index in [4.69, 9.17) is 0 Å². The lowest BCUT2D eigenvalue weighted by Gasteiger charge is -2.05. The molecule has 3 heteroatoms. The van der Waals surface area contributed by atoms with Crippen molar-refractivity contribution in [2.45, 2.75) is 39.0 Å². The second-order valence-corrected chi connectivity index (χ2v) is 4.18. The SMILES string of the molecule is CCCCCCCNC(=O)c1cccc(F)c1. The number of amides is 1. The maximum Gasteiger partial charge on any atom is 0.251 e. The van der Waals surface area contributed by atoms with E-state index in [2.05, 4.69) is 12.2 Å². The zero-order valence-corrected chi connectivity index (χ0v) is 10.3. The van der Waals surface area contributed by atoms with Crippen LogP contribution in [0.15, 0.2) is 24.3 Å². The number of halogens is 1. The second-order valence-electron chi connectivity index (χ2n) is 4.18. The molecule has 94 valence electrons. The van der Waals surface area contributed by atoms with Crippen molar-refractivity contribution in [3.8, 4) is 0 Å². The van der Waals surface area contributed by atoms with Gasteiger partial charge in [0.1, 0.15) is 5.82 Å². The molecule has 1 N–H and O–H groups in total. The van der Waals surface area contributed by atoms with E-state index in [1.54, 1.807) is 12.1 Å². The van der Waals surface area contributed by atoms with Gasteiger partial charge in [0, 0.05) is 12.1 Å². The summed E-state index contributed by atoms with van der Waals surface area (Å²) < 4.78 is 12.9. The minimum Gasteiger partial charge on any atom is -0.352 e. The molecule has 0 atom stereocenters. The van der Waals surface area contributed by atoms with Gasteiger partial charge in [-0.05, 0) is 24.6 Å². The lowest BCUT2D eigenvalue weighted by Crippen LogP contribution is -2.24. The molecule has 0 aliphatic heterocycles. The standard InChI is InChI=1S/C14H20FNO/c1-2-3-4-5-6-10-16-14(17)12-8-7-9-13(15)11-12/h7-9,11H,2-6,10H2,1H3,(H,16,17). The van der Waals surface area contributed by atoms with E-state index in [0.29, 0.717) is 12.1 Å². The lowest BCUT2D eigenvalue weighted by atomic mass is 10.1. The van der Waals surface area contributed by atoms with Crippen molar-refractivity contribution in [1.82, 2.24) is 5.32 Å². The summed E-state index contributed by atoms with van der Waals surface area (Å²) in [5.41, 5.74) is 0.388. The largest absolute Gasteiger partial charge is 0.352 e. The van der Waals surface area contributed by atoms with Gasteiger partial charge >= 0.3 is 0 Å². The monoisotopic (exact) mass is 237 g/mol. The number of hydrogen-bond acceptors (Lipinski definition) is 1. The van der Waals surface area contributed by atoms with Gasteiger partial charge in [0.2, 0.25) is 0 Å². The van der Waals surface area contributed by atoms with Crippen molar-refractivity contribution in [2.24, 2.45) is 0 Å². The molecule has 0 radical (unpaired) electrons. The number of hydrogen-bond donors (Lipinski definition) is 1. The van der Waals surface area contributed by atoms with Gasteiger partial charge < -0.3 is 5.32 Å². The maximum atomic E-state index is 12.9. The Morgan fingerprint density at radius 2 is 2.00 bits per heavy atom. The van der Waals surface area contributed by atoms with Crippen molar-refractivity contribution < 1.29 is 9.18 Å². The van der Waals surface area contributed by atoms with Gasteiger partial charge in [0.25, 0.3) is 5.91 Å². The van der Waals surface area contributed by atoms with Crippen LogP contribution >= 0.6 is 0 Å². The van der Waals surface area contributed by atoms with Crippen molar-refractivity contribution in [2.75, 3.05) is 6.54 Å². The van der Waals surface area contributed by atoms with Crippen molar-refractivity contribution in [3.05, 3.63) is 35.6 Å². The third-order valence-electron chi connectivity index (χ3n) is 2.65. The predicted molar refractivity (Wildman–Crippen MR) is 67.5 cm³/mol. The molecular weight excluding hydrogens is 217 g/mol. The second kappa shape index (κ2) is 7.82. The molecule has 0 fully saturated rings. The van der Waals surface area contributed by atoms with Gasteiger partial charge in [-0.2, -0.15) is 0 Å². The summed E-state index contributed by atoms with van der Waals surface area (Å²) >= 11 is 0. The van der Waals surface area contributed by atoms with Crippen molar-refractivity contribution in [1.29, 1.82) is 0 Å². The van der Waals surface area contributed by atoms with E-state index in [1.165, 1.54) is 31.4 Å². The summed E-state index contributed by atoms with van der Waals surface area (Å²) in [6.07, 6.45) is 5.80. The Kier molecular flexibility index (Phi) is 6.30. The van der Waals surface area contributed by atoms with E-state index < -0.39 is 0 Å². The van der Waals surface area contributed by atoms with Crippen molar-refractivity contribution in [3.63, 3.8) is 0 Å². The molecule has 0 unspecified atom stereocenters. The van der Waals surface area contributed by atoms with Crippen LogP contribution in [0.4, 0.5) is 4.39 Å². The number of benzene rings is 1. The quantitative estimate of drug-likeness (QED) is 0.722. The minimum absolute atomic E-state index is 0.194. The fraction of sp³-hybridized carbons (Fsp3) is 0.500. The average Bonchev–Trinajstić information content (AvgIpc) is 2.33. The fourth-order valence-electron chi connectivity index (χ4n) is 1.66. The molecule has 0 spiro atoms. The molecule has 17 heavy (non-hydrogen) atoms. The molecule has 0 aliphatic rings. The molecule has 0 aliphatic carbocycles. The van der Waals surface area contributed by atoms with Crippen LogP contribution in [0, 0.1) is 5.82 Å². The molecule has 1 rings (SSSR count). The first kappa shape index (κ1) is 13.7. The number of rotatable bonds is 7. The third-order valence-corrected chi connectivity index (χ3v) is 2.65. The van der Waals surface area contributed by atoms with Gasteiger partial charge in [-0.3, -0.25) is 4.79 Å². The van der Waals surface area contributed by atoms with Gasteiger partial charge in [0.15, 0.2) is 0 Å². The highest BCUT2D eigenvalue weighted by molar-refractivity contribution is 5.94. The number of nitrogens with one attached hydrogen (secondary N) is 1. The summed E-state index contributed by atoms with van der Waals surface area (Å²) in [7, 11) is 0. The maximum absolute atomic E-state index is 12.9. The molecule has 0 aromatic heterocycles.